The highest BCUT2D eigenvalue weighted by molar-refractivity contribution is 7.99. The van der Waals surface area contributed by atoms with Gasteiger partial charge in [0.2, 0.25) is 5.91 Å². The lowest BCUT2D eigenvalue weighted by molar-refractivity contribution is -0.129. The minimum Gasteiger partial charge on any atom is -0.467 e. The van der Waals surface area contributed by atoms with Gasteiger partial charge in [0.1, 0.15) is 5.76 Å². The smallest absolute Gasteiger partial charge is 0.233 e. The summed E-state index contributed by atoms with van der Waals surface area (Å²) in [6.07, 6.45) is 5.54. The Kier molecular flexibility index (Phi) is 7.14. The number of aromatic nitrogens is 2. The molecule has 0 aliphatic rings. The zero-order valence-electron chi connectivity index (χ0n) is 16.6. The van der Waals surface area contributed by atoms with E-state index in [4.69, 9.17) is 9.68 Å². The summed E-state index contributed by atoms with van der Waals surface area (Å²) in [5.74, 6) is 1.28. The van der Waals surface area contributed by atoms with Gasteiger partial charge in [-0.2, -0.15) is 5.26 Å². The minimum absolute atomic E-state index is 0.0478. The van der Waals surface area contributed by atoms with Crippen LogP contribution in [0.3, 0.4) is 0 Å². The summed E-state index contributed by atoms with van der Waals surface area (Å²) >= 11 is 1.40. The number of rotatable bonds is 9. The fraction of sp³-hybridized carbons (Fsp3) is 0.318. The summed E-state index contributed by atoms with van der Waals surface area (Å²) in [5, 5.41) is 9.67. The monoisotopic (exact) mass is 408 g/mol. The summed E-state index contributed by atoms with van der Waals surface area (Å²) in [5.41, 5.74) is 2.30. The molecule has 0 spiro atoms. The summed E-state index contributed by atoms with van der Waals surface area (Å²) in [6, 6.07) is 14.0. The summed E-state index contributed by atoms with van der Waals surface area (Å²) in [6.45, 7) is 5.06. The number of nitrogens with zero attached hydrogens (tertiary/aromatic N) is 4. The normalized spacial score (nSPS) is 10.8. The van der Waals surface area contributed by atoms with E-state index >= 15 is 0 Å². The largest absolute Gasteiger partial charge is 0.467 e. The zero-order chi connectivity index (χ0) is 20.6. The number of furan rings is 1. The lowest BCUT2D eigenvalue weighted by atomic mass is 10.0. The van der Waals surface area contributed by atoms with Crippen LogP contribution in [0.2, 0.25) is 0 Å². The van der Waals surface area contributed by atoms with E-state index in [1.54, 1.807) is 23.4 Å². The summed E-state index contributed by atoms with van der Waals surface area (Å²) < 4.78 is 7.38. The summed E-state index contributed by atoms with van der Waals surface area (Å²) in [7, 11) is 0. The van der Waals surface area contributed by atoms with Crippen molar-refractivity contribution in [3.8, 4) is 11.8 Å². The van der Waals surface area contributed by atoms with Crippen LogP contribution in [0.25, 0.3) is 5.69 Å². The van der Waals surface area contributed by atoms with E-state index < -0.39 is 0 Å². The van der Waals surface area contributed by atoms with Crippen molar-refractivity contribution in [3.63, 3.8) is 0 Å². The molecule has 0 saturated heterocycles. The number of benzene rings is 1. The number of thioether (sulfide) groups is 1. The minimum atomic E-state index is -0.0478. The molecule has 1 aromatic carbocycles. The van der Waals surface area contributed by atoms with Crippen molar-refractivity contribution in [2.75, 3.05) is 12.3 Å². The van der Waals surface area contributed by atoms with Gasteiger partial charge in [0, 0.05) is 18.9 Å². The molecule has 0 bridgehead atoms. The molecule has 7 heteroatoms. The maximum absolute atomic E-state index is 12.8. The van der Waals surface area contributed by atoms with E-state index in [1.807, 2.05) is 29.0 Å². The molecule has 6 nitrogen and oxygen atoms in total. The van der Waals surface area contributed by atoms with Crippen LogP contribution in [0, 0.1) is 11.3 Å². The van der Waals surface area contributed by atoms with E-state index in [1.165, 1.54) is 17.3 Å². The van der Waals surface area contributed by atoms with Gasteiger partial charge in [0.05, 0.1) is 36.7 Å². The van der Waals surface area contributed by atoms with E-state index in [0.29, 0.717) is 24.8 Å². The van der Waals surface area contributed by atoms with Crippen molar-refractivity contribution in [1.29, 1.82) is 5.26 Å². The third kappa shape index (κ3) is 5.30. The van der Waals surface area contributed by atoms with E-state index in [0.717, 1.165) is 10.8 Å². The first-order chi connectivity index (χ1) is 14.1. The lowest BCUT2D eigenvalue weighted by Gasteiger charge is -2.20. The predicted molar refractivity (Wildman–Crippen MR) is 113 cm³/mol. The number of imidazole rings is 1. The molecule has 3 rings (SSSR count). The van der Waals surface area contributed by atoms with Crippen LogP contribution in [0.5, 0.6) is 0 Å². The Labute approximate surface area is 175 Å². The molecule has 0 fully saturated rings. The van der Waals surface area contributed by atoms with Crippen molar-refractivity contribution < 1.29 is 9.21 Å². The molecule has 0 radical (unpaired) electrons. The number of amides is 1. The highest BCUT2D eigenvalue weighted by atomic mass is 32.2. The standard InChI is InChI=1S/C22H24N4O2S/c1-17(2)19-8-3-4-9-20(19)26-13-11-24-22(26)29-16-21(27)25(12-6-10-23)15-18-7-5-14-28-18/h3-5,7-9,11,13-14,17H,6,12,15-16H2,1-2H3. The Morgan fingerprint density at radius 1 is 1.31 bits per heavy atom. The quantitative estimate of drug-likeness (QED) is 0.483. The second kappa shape index (κ2) is 9.99. The fourth-order valence-electron chi connectivity index (χ4n) is 3.06. The zero-order valence-corrected chi connectivity index (χ0v) is 17.4. The van der Waals surface area contributed by atoms with Gasteiger partial charge in [0.15, 0.2) is 5.16 Å². The molecule has 2 aromatic heterocycles. The summed E-state index contributed by atoms with van der Waals surface area (Å²) in [4.78, 5) is 18.9. The molecular weight excluding hydrogens is 384 g/mol. The van der Waals surface area contributed by atoms with E-state index in [9.17, 15) is 4.79 Å². The topological polar surface area (TPSA) is 75.1 Å². The van der Waals surface area contributed by atoms with Gasteiger partial charge in [-0.15, -0.1) is 0 Å². The van der Waals surface area contributed by atoms with Crippen LogP contribution in [0.1, 0.15) is 37.5 Å². The molecule has 0 atom stereocenters. The molecule has 2 heterocycles. The van der Waals surface area contributed by atoms with Gasteiger partial charge < -0.3 is 9.32 Å². The van der Waals surface area contributed by atoms with Crippen molar-refractivity contribution in [3.05, 3.63) is 66.4 Å². The van der Waals surface area contributed by atoms with Gasteiger partial charge in [-0.1, -0.05) is 43.8 Å². The van der Waals surface area contributed by atoms with Gasteiger partial charge in [0.25, 0.3) is 0 Å². The van der Waals surface area contributed by atoms with Crippen molar-refractivity contribution >= 4 is 17.7 Å². The first-order valence-electron chi connectivity index (χ1n) is 9.52. The first kappa shape index (κ1) is 20.7. The third-order valence-corrected chi connectivity index (χ3v) is 5.47. The molecule has 0 N–H and O–H groups in total. The molecule has 0 saturated carbocycles. The second-order valence-corrected chi connectivity index (χ2v) is 7.83. The number of hydrogen-bond acceptors (Lipinski definition) is 5. The number of nitriles is 1. The fourth-order valence-corrected chi connectivity index (χ4v) is 3.93. The van der Waals surface area contributed by atoms with Crippen LogP contribution in [-0.4, -0.2) is 32.7 Å². The Balaban J connectivity index is 1.72. The van der Waals surface area contributed by atoms with E-state index in [2.05, 4.69) is 37.0 Å². The Morgan fingerprint density at radius 3 is 2.86 bits per heavy atom. The SMILES string of the molecule is CC(C)c1ccccc1-n1ccnc1SCC(=O)N(CCC#N)Cc1ccco1. The average Bonchev–Trinajstić information content (AvgIpc) is 3.41. The number of hydrogen-bond donors (Lipinski definition) is 0. The molecule has 0 unspecified atom stereocenters. The second-order valence-electron chi connectivity index (χ2n) is 6.88. The Hall–Kier alpha value is -2.98. The molecule has 0 aliphatic heterocycles. The van der Waals surface area contributed by atoms with Crippen LogP contribution >= 0.6 is 11.8 Å². The maximum Gasteiger partial charge on any atom is 0.233 e. The van der Waals surface area contributed by atoms with Gasteiger partial charge >= 0.3 is 0 Å². The molecule has 150 valence electrons. The Morgan fingerprint density at radius 2 is 2.14 bits per heavy atom. The third-order valence-electron chi connectivity index (χ3n) is 4.52. The number of carbonyl (C=O) groups excluding carboxylic acids is 1. The molecule has 0 aliphatic carbocycles. The Bertz CT molecular complexity index is 973. The van der Waals surface area contributed by atoms with Crippen LogP contribution in [0.15, 0.2) is 64.6 Å². The average molecular weight is 409 g/mol. The molecular formula is C22H24N4O2S. The first-order valence-corrected chi connectivity index (χ1v) is 10.5. The van der Waals surface area contributed by atoms with Crippen LogP contribution < -0.4 is 0 Å². The number of para-hydroxylation sites is 1. The van der Waals surface area contributed by atoms with Crippen molar-refractivity contribution in [2.45, 2.75) is 37.9 Å². The number of carbonyl (C=O) groups is 1. The molecule has 3 aromatic rings. The van der Waals surface area contributed by atoms with Crippen LogP contribution in [0.4, 0.5) is 0 Å². The highest BCUT2D eigenvalue weighted by Gasteiger charge is 2.18. The predicted octanol–water partition coefficient (Wildman–Crippen LogP) is 4.62. The molecule has 29 heavy (non-hydrogen) atoms. The highest BCUT2D eigenvalue weighted by Crippen LogP contribution is 2.27. The van der Waals surface area contributed by atoms with E-state index in [-0.39, 0.29) is 18.1 Å². The van der Waals surface area contributed by atoms with Crippen molar-refractivity contribution in [1.82, 2.24) is 14.5 Å². The van der Waals surface area contributed by atoms with Crippen LogP contribution in [-0.2, 0) is 11.3 Å². The van der Waals surface area contributed by atoms with Crippen molar-refractivity contribution in [2.24, 2.45) is 0 Å². The maximum atomic E-state index is 12.8. The van der Waals surface area contributed by atoms with Gasteiger partial charge in [-0.3, -0.25) is 9.36 Å². The van der Waals surface area contributed by atoms with Gasteiger partial charge in [-0.05, 0) is 29.7 Å². The molecule has 1 amide bonds. The van der Waals surface area contributed by atoms with Gasteiger partial charge in [-0.25, -0.2) is 4.98 Å². The lowest BCUT2D eigenvalue weighted by Crippen LogP contribution is -2.32.